The number of amides is 1. The topological polar surface area (TPSA) is 73.2 Å². The van der Waals surface area contributed by atoms with Crippen LogP contribution in [0.5, 0.6) is 0 Å². The Morgan fingerprint density at radius 1 is 1.12 bits per heavy atom. The number of hydrogen-bond acceptors (Lipinski definition) is 4. The van der Waals surface area contributed by atoms with Crippen LogP contribution in [0, 0.1) is 5.41 Å². The molecular weight excluding hydrogens is 414 g/mol. The number of carboxylic acid groups (broad SMARTS) is 1. The summed E-state index contributed by atoms with van der Waals surface area (Å²) in [6, 6.07) is 0. The van der Waals surface area contributed by atoms with Crippen LogP contribution in [0.25, 0.3) is 0 Å². The highest BCUT2D eigenvalue weighted by Crippen LogP contribution is 2.32. The van der Waals surface area contributed by atoms with Gasteiger partial charge in [0.15, 0.2) is 5.84 Å². The van der Waals surface area contributed by atoms with Crippen LogP contribution in [0.15, 0.2) is 42.0 Å². The van der Waals surface area contributed by atoms with Crippen LogP contribution in [0.4, 0.5) is 0 Å². The third kappa shape index (κ3) is 9.97. The quantitative estimate of drug-likeness (QED) is 0.216. The van der Waals surface area contributed by atoms with Crippen molar-refractivity contribution in [2.75, 3.05) is 19.6 Å². The van der Waals surface area contributed by atoms with E-state index in [1.54, 1.807) is 18.2 Å². The van der Waals surface area contributed by atoms with Crippen molar-refractivity contribution in [3.63, 3.8) is 0 Å². The van der Waals surface area contributed by atoms with Gasteiger partial charge in [0.2, 0.25) is 0 Å². The van der Waals surface area contributed by atoms with E-state index >= 15 is 0 Å². The van der Waals surface area contributed by atoms with Gasteiger partial charge in [-0.3, -0.25) is 4.79 Å². The van der Waals surface area contributed by atoms with Gasteiger partial charge in [-0.2, -0.15) is 0 Å². The fourth-order valence-electron chi connectivity index (χ4n) is 3.71. The van der Waals surface area contributed by atoms with Crippen molar-refractivity contribution >= 4 is 17.7 Å². The molecule has 188 valence electrons. The van der Waals surface area contributed by atoms with Crippen molar-refractivity contribution in [3.8, 4) is 0 Å². The molecule has 0 radical (unpaired) electrons. The number of nitrogens with zero attached hydrogens (tertiary/aromatic N) is 3. The third-order valence-corrected chi connectivity index (χ3v) is 6.02. The number of carbonyl (C=O) groups is 2. The Morgan fingerprint density at radius 3 is 2.15 bits per heavy atom. The van der Waals surface area contributed by atoms with Crippen LogP contribution in [0.3, 0.4) is 0 Å². The Morgan fingerprint density at radius 2 is 1.70 bits per heavy atom. The number of likely N-dealkylation sites (tertiary alicyclic amines) is 1. The first kappa shape index (κ1) is 30.6. The predicted octanol–water partition coefficient (Wildman–Crippen LogP) is 6.06. The van der Waals surface area contributed by atoms with E-state index in [0.29, 0.717) is 23.2 Å². The average molecular weight is 462 g/mol. The minimum atomic E-state index is -0.833. The number of amidine groups is 1. The van der Waals surface area contributed by atoms with Crippen molar-refractivity contribution in [1.82, 2.24) is 9.80 Å². The fraction of sp³-hybridized carbons (Fsp3) is 0.667. The molecule has 2 heterocycles. The van der Waals surface area contributed by atoms with Gasteiger partial charge in [-0.1, -0.05) is 58.8 Å². The summed E-state index contributed by atoms with van der Waals surface area (Å²) in [6.07, 6.45) is 11.4. The number of allylic oxidation sites excluding steroid dienone is 3. The zero-order valence-corrected chi connectivity index (χ0v) is 22.1. The van der Waals surface area contributed by atoms with Crippen LogP contribution < -0.4 is 0 Å². The predicted molar refractivity (Wildman–Crippen MR) is 139 cm³/mol. The molecule has 6 heteroatoms. The zero-order valence-electron chi connectivity index (χ0n) is 22.1. The Bertz CT molecular complexity index is 710. The van der Waals surface area contributed by atoms with Gasteiger partial charge in [0, 0.05) is 25.2 Å². The number of unbranched alkanes of at least 4 members (excludes halogenated alkanes) is 2. The Hall–Kier alpha value is -2.37. The van der Waals surface area contributed by atoms with Crippen LogP contribution in [0.2, 0.25) is 0 Å². The lowest BCUT2D eigenvalue weighted by Crippen LogP contribution is -2.48. The number of hydrogen-bond donors (Lipinski definition) is 1. The maximum Gasteiger partial charge on any atom is 0.331 e. The molecule has 0 aromatic heterocycles. The molecule has 2 aliphatic rings. The average Bonchev–Trinajstić information content (AvgIpc) is 2.99. The van der Waals surface area contributed by atoms with Gasteiger partial charge in [-0.25, -0.2) is 9.79 Å². The summed E-state index contributed by atoms with van der Waals surface area (Å²) in [6.45, 7) is 23.3. The van der Waals surface area contributed by atoms with Crippen molar-refractivity contribution < 1.29 is 14.7 Å². The standard InChI is InChI=1S/C17H31N3O.C8H12O2.C2H4/c1-6-7-8-11-20-15(21)14(18-17(20,4)5)19-12-9-16(2,3)10-13-19;1-3-5-6-7(4-2)8(9)10;1-2/h6-13H2,1-5H3;3,5-6H,4H2,1-2H3,(H,9,10);1-2H2/b;5-3-,7-6+;. The second-order valence-corrected chi connectivity index (χ2v) is 9.62. The molecule has 1 saturated heterocycles. The van der Waals surface area contributed by atoms with Gasteiger partial charge in [-0.15, -0.1) is 13.2 Å². The summed E-state index contributed by atoms with van der Waals surface area (Å²) in [5.41, 5.74) is 0.459. The van der Waals surface area contributed by atoms with Gasteiger partial charge in [0.1, 0.15) is 5.66 Å². The smallest absolute Gasteiger partial charge is 0.331 e. The SMILES string of the molecule is C/C=C\C=C(/CC)C(=O)O.C=C.CCCCCN1C(=O)C(N2CCC(C)(C)CC2)=NC1(C)C. The molecule has 33 heavy (non-hydrogen) atoms. The Kier molecular flexibility index (Phi) is 13.7. The highest BCUT2D eigenvalue weighted by Gasteiger charge is 2.42. The molecule has 0 atom stereocenters. The molecule has 0 bridgehead atoms. The highest BCUT2D eigenvalue weighted by atomic mass is 16.4. The molecule has 2 rings (SSSR count). The van der Waals surface area contributed by atoms with E-state index < -0.39 is 5.97 Å². The van der Waals surface area contributed by atoms with Crippen molar-refractivity contribution in [2.24, 2.45) is 10.4 Å². The maximum absolute atomic E-state index is 12.7. The molecule has 0 spiro atoms. The molecule has 0 unspecified atom stereocenters. The van der Waals surface area contributed by atoms with Gasteiger partial charge in [0.25, 0.3) is 5.91 Å². The highest BCUT2D eigenvalue weighted by molar-refractivity contribution is 6.39. The lowest BCUT2D eigenvalue weighted by molar-refractivity contribution is -0.132. The molecule has 0 aromatic rings. The molecule has 0 aliphatic carbocycles. The second kappa shape index (κ2) is 14.7. The Balaban J connectivity index is 0.000000722. The Labute approximate surface area is 202 Å². The summed E-state index contributed by atoms with van der Waals surface area (Å²) in [5.74, 6) is 0.00316. The monoisotopic (exact) mass is 461 g/mol. The maximum atomic E-state index is 12.7. The second-order valence-electron chi connectivity index (χ2n) is 9.62. The van der Waals surface area contributed by atoms with Crippen LogP contribution in [-0.2, 0) is 9.59 Å². The molecule has 6 nitrogen and oxygen atoms in total. The van der Waals surface area contributed by atoms with Crippen LogP contribution in [-0.4, -0.2) is 57.9 Å². The number of carboxylic acids is 1. The van der Waals surface area contributed by atoms with E-state index in [-0.39, 0.29) is 11.6 Å². The van der Waals surface area contributed by atoms with E-state index in [2.05, 4.69) is 52.7 Å². The lowest BCUT2D eigenvalue weighted by Gasteiger charge is -2.37. The molecule has 2 aliphatic heterocycles. The number of piperidine rings is 1. The first-order chi connectivity index (χ1) is 15.5. The van der Waals surface area contributed by atoms with Crippen molar-refractivity contribution in [3.05, 3.63) is 37.0 Å². The van der Waals surface area contributed by atoms with E-state index in [1.165, 1.54) is 12.8 Å². The van der Waals surface area contributed by atoms with Crippen LogP contribution in [0.1, 0.15) is 87.0 Å². The van der Waals surface area contributed by atoms with E-state index in [9.17, 15) is 9.59 Å². The molecule has 0 aromatic carbocycles. The van der Waals surface area contributed by atoms with Gasteiger partial charge in [-0.05, 0) is 51.9 Å². The molecule has 1 N–H and O–H groups in total. The van der Waals surface area contributed by atoms with Gasteiger partial charge >= 0.3 is 5.97 Å². The van der Waals surface area contributed by atoms with Crippen molar-refractivity contribution in [2.45, 2.75) is 92.7 Å². The molecular formula is C27H47N3O3. The lowest BCUT2D eigenvalue weighted by atomic mass is 9.82. The van der Waals surface area contributed by atoms with Gasteiger partial charge in [0.05, 0.1) is 0 Å². The summed E-state index contributed by atoms with van der Waals surface area (Å²) < 4.78 is 0. The number of carbonyl (C=O) groups excluding carboxylic acids is 1. The van der Waals surface area contributed by atoms with Crippen molar-refractivity contribution in [1.29, 1.82) is 0 Å². The molecule has 1 amide bonds. The number of rotatable bonds is 7. The number of aliphatic imine (C=N–C) groups is 1. The van der Waals surface area contributed by atoms with E-state index in [4.69, 9.17) is 10.1 Å². The number of aliphatic carboxylic acids is 1. The normalized spacial score (nSPS) is 19.4. The summed E-state index contributed by atoms with van der Waals surface area (Å²) in [4.78, 5) is 32.0. The van der Waals surface area contributed by atoms with Gasteiger partial charge < -0.3 is 14.9 Å². The third-order valence-electron chi connectivity index (χ3n) is 6.02. The molecule has 0 saturated carbocycles. The zero-order chi connectivity index (χ0) is 25.7. The summed E-state index contributed by atoms with van der Waals surface area (Å²) in [5, 5.41) is 8.50. The fourth-order valence-corrected chi connectivity index (χ4v) is 3.71. The minimum absolute atomic E-state index is 0.135. The van der Waals surface area contributed by atoms with Crippen LogP contribution >= 0.6 is 0 Å². The first-order valence-electron chi connectivity index (χ1n) is 12.2. The minimum Gasteiger partial charge on any atom is -0.478 e. The summed E-state index contributed by atoms with van der Waals surface area (Å²) >= 11 is 0. The van der Waals surface area contributed by atoms with E-state index in [0.717, 1.165) is 38.9 Å². The largest absolute Gasteiger partial charge is 0.478 e. The molecule has 1 fully saturated rings. The first-order valence-corrected chi connectivity index (χ1v) is 12.2. The van der Waals surface area contributed by atoms with E-state index in [1.807, 2.05) is 18.7 Å². The summed E-state index contributed by atoms with van der Waals surface area (Å²) in [7, 11) is 0.